The number of aromatic amines is 1. The Morgan fingerprint density at radius 3 is 2.76 bits per heavy atom. The van der Waals surface area contributed by atoms with Crippen LogP contribution in [-0.2, 0) is 4.74 Å². The summed E-state index contributed by atoms with van der Waals surface area (Å²) >= 11 is 0. The molecule has 2 fully saturated rings. The monoisotopic (exact) mass is 294 g/mol. The number of likely N-dealkylation sites (tertiary alicyclic amines) is 1. The molecule has 2 atom stereocenters. The minimum atomic E-state index is -0.574. The van der Waals surface area contributed by atoms with Crippen LogP contribution in [0, 0.1) is 0 Å². The van der Waals surface area contributed by atoms with E-state index in [-0.39, 0.29) is 29.7 Å². The molecule has 2 aliphatic rings. The molecule has 114 valence electrons. The van der Waals surface area contributed by atoms with Crippen LogP contribution in [0.5, 0.6) is 0 Å². The summed E-state index contributed by atoms with van der Waals surface area (Å²) in [6.45, 7) is 3.57. The van der Waals surface area contributed by atoms with Gasteiger partial charge in [-0.3, -0.25) is 14.5 Å². The predicted molar refractivity (Wildman–Crippen MR) is 72.9 cm³/mol. The van der Waals surface area contributed by atoms with Crippen LogP contribution in [0.2, 0.25) is 0 Å². The smallest absolute Gasteiger partial charge is 0.274 e. The van der Waals surface area contributed by atoms with Crippen molar-refractivity contribution < 1.29 is 14.6 Å². The van der Waals surface area contributed by atoms with Crippen LogP contribution in [-0.4, -0.2) is 82.5 Å². The van der Waals surface area contributed by atoms with Crippen LogP contribution in [0.15, 0.2) is 16.9 Å². The molecule has 0 bridgehead atoms. The number of aliphatic hydroxyl groups is 1. The van der Waals surface area contributed by atoms with Gasteiger partial charge in [0.15, 0.2) is 0 Å². The number of aliphatic hydroxyl groups excluding tert-OH is 1. The van der Waals surface area contributed by atoms with Crippen LogP contribution in [0.4, 0.5) is 0 Å². The lowest BCUT2D eigenvalue weighted by Crippen LogP contribution is -2.49. The molecule has 0 saturated carbocycles. The van der Waals surface area contributed by atoms with Gasteiger partial charge in [0.2, 0.25) is 0 Å². The fourth-order valence-electron chi connectivity index (χ4n) is 2.83. The number of aromatic nitrogens is 2. The van der Waals surface area contributed by atoms with E-state index in [0.717, 1.165) is 13.1 Å². The third kappa shape index (κ3) is 2.97. The van der Waals surface area contributed by atoms with Crippen molar-refractivity contribution in [3.05, 3.63) is 28.2 Å². The fraction of sp³-hybridized carbons (Fsp3) is 0.615. The summed E-state index contributed by atoms with van der Waals surface area (Å²) in [7, 11) is 0. The van der Waals surface area contributed by atoms with Gasteiger partial charge in [0, 0.05) is 32.2 Å². The van der Waals surface area contributed by atoms with Gasteiger partial charge in [-0.05, 0) is 6.07 Å². The first-order chi connectivity index (χ1) is 10.1. The number of amides is 1. The van der Waals surface area contributed by atoms with Gasteiger partial charge in [-0.1, -0.05) is 0 Å². The van der Waals surface area contributed by atoms with E-state index in [2.05, 4.69) is 15.1 Å². The van der Waals surface area contributed by atoms with E-state index < -0.39 is 6.10 Å². The Morgan fingerprint density at radius 1 is 1.33 bits per heavy atom. The fourth-order valence-corrected chi connectivity index (χ4v) is 2.83. The molecule has 8 nitrogen and oxygen atoms in total. The van der Waals surface area contributed by atoms with Crippen molar-refractivity contribution in [1.82, 2.24) is 20.0 Å². The largest absolute Gasteiger partial charge is 0.390 e. The highest BCUT2D eigenvalue weighted by atomic mass is 16.5. The van der Waals surface area contributed by atoms with E-state index in [1.165, 1.54) is 12.1 Å². The van der Waals surface area contributed by atoms with Crippen LogP contribution in [0.1, 0.15) is 10.5 Å². The third-order valence-electron chi connectivity index (χ3n) is 3.96. The van der Waals surface area contributed by atoms with E-state index >= 15 is 0 Å². The molecule has 1 amide bonds. The molecule has 21 heavy (non-hydrogen) atoms. The van der Waals surface area contributed by atoms with Crippen LogP contribution in [0.25, 0.3) is 0 Å². The van der Waals surface area contributed by atoms with Crippen molar-refractivity contribution in [3.8, 4) is 0 Å². The molecule has 0 unspecified atom stereocenters. The second-order valence-electron chi connectivity index (χ2n) is 5.30. The number of hydrogen-bond acceptors (Lipinski definition) is 6. The normalized spacial score (nSPS) is 27.0. The van der Waals surface area contributed by atoms with Gasteiger partial charge >= 0.3 is 0 Å². The average Bonchev–Trinajstić information content (AvgIpc) is 2.90. The highest BCUT2D eigenvalue weighted by Gasteiger charge is 2.38. The van der Waals surface area contributed by atoms with Gasteiger partial charge in [-0.25, -0.2) is 5.10 Å². The highest BCUT2D eigenvalue weighted by molar-refractivity contribution is 5.92. The van der Waals surface area contributed by atoms with E-state index in [4.69, 9.17) is 4.74 Å². The zero-order valence-corrected chi connectivity index (χ0v) is 11.6. The molecule has 3 rings (SSSR count). The van der Waals surface area contributed by atoms with Crippen molar-refractivity contribution in [1.29, 1.82) is 0 Å². The van der Waals surface area contributed by atoms with Gasteiger partial charge in [-0.15, -0.1) is 0 Å². The third-order valence-corrected chi connectivity index (χ3v) is 3.96. The number of nitrogens with zero attached hydrogens (tertiary/aromatic N) is 3. The minimum absolute atomic E-state index is 0.0689. The molecule has 3 heterocycles. The lowest BCUT2D eigenvalue weighted by atomic mass is 10.1. The zero-order chi connectivity index (χ0) is 14.8. The average molecular weight is 294 g/mol. The Balaban J connectivity index is 1.68. The molecule has 2 aliphatic heterocycles. The maximum atomic E-state index is 12.3. The van der Waals surface area contributed by atoms with E-state index in [1.807, 2.05) is 0 Å². The Bertz CT molecular complexity index is 549. The second kappa shape index (κ2) is 5.92. The van der Waals surface area contributed by atoms with E-state index in [9.17, 15) is 14.7 Å². The van der Waals surface area contributed by atoms with Crippen LogP contribution in [0.3, 0.4) is 0 Å². The SMILES string of the molecule is O=C(c1ccc(=O)[nH]n1)N1C[C@@H](O)[C@H](N2CCOCC2)C1. The Kier molecular flexibility index (Phi) is 4.00. The summed E-state index contributed by atoms with van der Waals surface area (Å²) in [6, 6.07) is 2.60. The predicted octanol–water partition coefficient (Wildman–Crippen LogP) is -1.71. The van der Waals surface area contributed by atoms with Gasteiger partial charge < -0.3 is 14.7 Å². The molecular formula is C13H18N4O4. The van der Waals surface area contributed by atoms with Crippen molar-refractivity contribution in [2.75, 3.05) is 39.4 Å². The molecule has 2 N–H and O–H groups in total. The zero-order valence-electron chi connectivity index (χ0n) is 11.6. The summed E-state index contributed by atoms with van der Waals surface area (Å²) in [5.74, 6) is -0.277. The molecule has 1 aromatic heterocycles. The number of rotatable bonds is 2. The van der Waals surface area contributed by atoms with Gasteiger partial charge in [-0.2, -0.15) is 5.10 Å². The van der Waals surface area contributed by atoms with Gasteiger partial charge in [0.05, 0.1) is 25.4 Å². The summed E-state index contributed by atoms with van der Waals surface area (Å²) in [5, 5.41) is 16.2. The van der Waals surface area contributed by atoms with Gasteiger partial charge in [0.1, 0.15) is 5.69 Å². The molecule has 0 aliphatic carbocycles. The molecule has 0 radical (unpaired) electrons. The molecule has 8 heteroatoms. The quantitative estimate of drug-likeness (QED) is 0.674. The Labute approximate surface area is 121 Å². The lowest BCUT2D eigenvalue weighted by Gasteiger charge is -2.33. The molecule has 0 spiro atoms. The maximum absolute atomic E-state index is 12.3. The van der Waals surface area contributed by atoms with E-state index in [1.54, 1.807) is 4.90 Å². The lowest BCUT2D eigenvalue weighted by molar-refractivity contribution is -0.00611. The molecular weight excluding hydrogens is 276 g/mol. The standard InChI is InChI=1S/C13H18N4O4/c18-11-8-17(7-10(11)16-3-5-21-6-4-16)13(20)9-1-2-12(19)15-14-9/h1-2,10-11,18H,3-8H2,(H,15,19)/t10-,11-/m1/s1. The maximum Gasteiger partial charge on any atom is 0.274 e. The number of β-amino-alcohol motifs (C(OH)–C–C–N with tert-alkyl or cyclic N) is 1. The van der Waals surface area contributed by atoms with Crippen molar-refractivity contribution in [2.24, 2.45) is 0 Å². The Hall–Kier alpha value is -1.77. The van der Waals surface area contributed by atoms with Gasteiger partial charge in [0.25, 0.3) is 11.5 Å². The number of carbonyl (C=O) groups is 1. The molecule has 1 aromatic rings. The van der Waals surface area contributed by atoms with Crippen LogP contribution >= 0.6 is 0 Å². The first-order valence-electron chi connectivity index (χ1n) is 7.00. The van der Waals surface area contributed by atoms with Crippen molar-refractivity contribution in [3.63, 3.8) is 0 Å². The number of H-pyrrole nitrogens is 1. The number of nitrogens with one attached hydrogen (secondary N) is 1. The second-order valence-corrected chi connectivity index (χ2v) is 5.30. The first kappa shape index (κ1) is 14.2. The minimum Gasteiger partial charge on any atom is -0.390 e. The summed E-state index contributed by atoms with van der Waals surface area (Å²) in [6.07, 6.45) is -0.574. The molecule has 0 aromatic carbocycles. The molecule has 2 saturated heterocycles. The summed E-state index contributed by atoms with van der Waals surface area (Å²) < 4.78 is 5.30. The number of carbonyl (C=O) groups excluding carboxylic acids is 1. The van der Waals surface area contributed by atoms with Crippen molar-refractivity contribution in [2.45, 2.75) is 12.1 Å². The summed E-state index contributed by atoms with van der Waals surface area (Å²) in [4.78, 5) is 27.0. The van der Waals surface area contributed by atoms with E-state index in [0.29, 0.717) is 19.8 Å². The van der Waals surface area contributed by atoms with Crippen LogP contribution < -0.4 is 5.56 Å². The number of hydrogen-bond donors (Lipinski definition) is 2. The number of ether oxygens (including phenoxy) is 1. The number of morpholine rings is 1. The topological polar surface area (TPSA) is 98.8 Å². The Morgan fingerprint density at radius 2 is 2.10 bits per heavy atom. The van der Waals surface area contributed by atoms with Crippen molar-refractivity contribution >= 4 is 5.91 Å². The first-order valence-corrected chi connectivity index (χ1v) is 7.00. The summed E-state index contributed by atoms with van der Waals surface area (Å²) in [5.41, 5.74) is -0.163. The highest BCUT2D eigenvalue weighted by Crippen LogP contribution is 2.19.